The first-order valence-electron chi connectivity index (χ1n) is 7.93. The van der Waals surface area contributed by atoms with E-state index >= 15 is 0 Å². The lowest BCUT2D eigenvalue weighted by molar-refractivity contribution is -0.121. The summed E-state index contributed by atoms with van der Waals surface area (Å²) in [6, 6.07) is 13.0. The maximum absolute atomic E-state index is 13.0. The van der Waals surface area contributed by atoms with E-state index in [1.165, 1.54) is 36.1 Å². The van der Waals surface area contributed by atoms with Gasteiger partial charge in [-0.3, -0.25) is 9.59 Å². The Morgan fingerprint density at radius 2 is 1.72 bits per heavy atom. The molecule has 0 heterocycles. The van der Waals surface area contributed by atoms with Gasteiger partial charge in [-0.2, -0.15) is 0 Å². The van der Waals surface area contributed by atoms with E-state index in [1.54, 1.807) is 7.11 Å². The van der Waals surface area contributed by atoms with Crippen LogP contribution in [0.4, 0.5) is 10.1 Å². The summed E-state index contributed by atoms with van der Waals surface area (Å²) in [5, 5.41) is 2.81. The molecule has 1 N–H and O–H groups in total. The molecule has 2 amide bonds. The molecule has 2 rings (SSSR count). The van der Waals surface area contributed by atoms with Gasteiger partial charge < -0.3 is 15.0 Å². The van der Waals surface area contributed by atoms with E-state index in [-0.39, 0.29) is 30.6 Å². The number of rotatable bonds is 7. The molecule has 0 aliphatic heterocycles. The number of benzene rings is 2. The summed E-state index contributed by atoms with van der Waals surface area (Å²) in [4.78, 5) is 25.2. The predicted molar refractivity (Wildman–Crippen MR) is 93.9 cm³/mol. The van der Waals surface area contributed by atoms with Crippen molar-refractivity contribution in [3.8, 4) is 5.75 Å². The predicted octanol–water partition coefficient (Wildman–Crippen LogP) is 2.89. The molecule has 0 saturated heterocycles. The van der Waals surface area contributed by atoms with Crippen LogP contribution in [0.5, 0.6) is 5.75 Å². The summed E-state index contributed by atoms with van der Waals surface area (Å²) in [6.07, 6.45) is 0.160. The highest BCUT2D eigenvalue weighted by atomic mass is 19.1. The summed E-state index contributed by atoms with van der Waals surface area (Å²) >= 11 is 0. The minimum absolute atomic E-state index is 0.160. The van der Waals surface area contributed by atoms with Crippen LogP contribution in [0.2, 0.25) is 0 Å². The Labute approximate surface area is 146 Å². The largest absolute Gasteiger partial charge is 0.497 e. The average Bonchev–Trinajstić information content (AvgIpc) is 2.61. The van der Waals surface area contributed by atoms with E-state index in [1.807, 2.05) is 24.3 Å². The maximum Gasteiger partial charge on any atom is 0.223 e. The van der Waals surface area contributed by atoms with Crippen molar-refractivity contribution >= 4 is 17.5 Å². The van der Waals surface area contributed by atoms with Gasteiger partial charge >= 0.3 is 0 Å². The molecular formula is C19H21FN2O3. The summed E-state index contributed by atoms with van der Waals surface area (Å²) in [7, 11) is 1.60. The Morgan fingerprint density at radius 1 is 1.08 bits per heavy atom. The molecule has 5 nitrogen and oxygen atoms in total. The monoisotopic (exact) mass is 344 g/mol. The fourth-order valence-electron chi connectivity index (χ4n) is 2.34. The molecule has 132 valence electrons. The van der Waals surface area contributed by atoms with Gasteiger partial charge in [0.2, 0.25) is 11.8 Å². The first-order valence-corrected chi connectivity index (χ1v) is 7.93. The quantitative estimate of drug-likeness (QED) is 0.840. The van der Waals surface area contributed by atoms with Gasteiger partial charge in [0.25, 0.3) is 0 Å². The summed E-state index contributed by atoms with van der Waals surface area (Å²) in [5.41, 5.74) is 1.52. The number of amides is 2. The number of methoxy groups -OCH3 is 1. The topological polar surface area (TPSA) is 58.6 Å². The van der Waals surface area contributed by atoms with Crippen molar-refractivity contribution < 1.29 is 18.7 Å². The van der Waals surface area contributed by atoms with Crippen molar-refractivity contribution in [3.63, 3.8) is 0 Å². The third kappa shape index (κ3) is 5.60. The second kappa shape index (κ2) is 8.82. The first kappa shape index (κ1) is 18.4. The number of carbonyl (C=O) groups is 2. The standard InChI is InChI=1S/C19H21FN2O3/c1-14(23)22(17-7-5-16(20)6-8-17)12-11-19(24)21-13-15-3-9-18(25-2)10-4-15/h3-10H,11-13H2,1-2H3,(H,21,24). The van der Waals surface area contributed by atoms with E-state index in [2.05, 4.69) is 5.32 Å². The van der Waals surface area contributed by atoms with Crippen LogP contribution in [-0.4, -0.2) is 25.5 Å². The number of hydrogen-bond acceptors (Lipinski definition) is 3. The van der Waals surface area contributed by atoms with E-state index < -0.39 is 0 Å². The van der Waals surface area contributed by atoms with Crippen molar-refractivity contribution in [2.45, 2.75) is 19.9 Å². The van der Waals surface area contributed by atoms with Crippen molar-refractivity contribution in [2.24, 2.45) is 0 Å². The van der Waals surface area contributed by atoms with Gasteiger partial charge in [0.1, 0.15) is 11.6 Å². The summed E-state index contributed by atoms with van der Waals surface area (Å²) in [6.45, 7) is 2.05. The van der Waals surface area contributed by atoms with Crippen molar-refractivity contribution in [3.05, 3.63) is 59.9 Å². The number of hydrogen-bond donors (Lipinski definition) is 1. The number of halogens is 1. The highest BCUT2D eigenvalue weighted by molar-refractivity contribution is 5.92. The fourth-order valence-corrected chi connectivity index (χ4v) is 2.34. The molecule has 0 fully saturated rings. The van der Waals surface area contributed by atoms with Crippen LogP contribution < -0.4 is 15.0 Å². The SMILES string of the molecule is COc1ccc(CNC(=O)CCN(C(C)=O)c2ccc(F)cc2)cc1. The molecule has 0 aliphatic rings. The van der Waals surface area contributed by atoms with Crippen LogP contribution in [0.15, 0.2) is 48.5 Å². The van der Waals surface area contributed by atoms with Crippen LogP contribution >= 0.6 is 0 Å². The van der Waals surface area contributed by atoms with Gasteiger partial charge in [0, 0.05) is 32.1 Å². The molecule has 0 spiro atoms. The summed E-state index contributed by atoms with van der Waals surface area (Å²) in [5.74, 6) is 0.0229. The lowest BCUT2D eigenvalue weighted by Crippen LogP contribution is -2.33. The van der Waals surface area contributed by atoms with Gasteiger partial charge in [-0.05, 0) is 42.0 Å². The van der Waals surface area contributed by atoms with E-state index in [0.717, 1.165) is 11.3 Å². The minimum Gasteiger partial charge on any atom is -0.497 e. The zero-order valence-corrected chi connectivity index (χ0v) is 14.3. The molecule has 6 heteroatoms. The third-order valence-corrected chi connectivity index (χ3v) is 3.73. The molecule has 2 aromatic rings. The number of ether oxygens (including phenoxy) is 1. The molecule has 2 aromatic carbocycles. The molecule has 0 atom stereocenters. The zero-order valence-electron chi connectivity index (χ0n) is 14.3. The normalized spacial score (nSPS) is 10.2. The van der Waals surface area contributed by atoms with Crippen LogP contribution in [0.25, 0.3) is 0 Å². The zero-order chi connectivity index (χ0) is 18.2. The van der Waals surface area contributed by atoms with Crippen LogP contribution in [-0.2, 0) is 16.1 Å². The van der Waals surface area contributed by atoms with Gasteiger partial charge in [0.15, 0.2) is 0 Å². The molecule has 0 aromatic heterocycles. The van der Waals surface area contributed by atoms with Crippen molar-refractivity contribution in [2.75, 3.05) is 18.6 Å². The highest BCUT2D eigenvalue weighted by Gasteiger charge is 2.13. The van der Waals surface area contributed by atoms with Crippen LogP contribution in [0.1, 0.15) is 18.9 Å². The minimum atomic E-state index is -0.371. The number of anilines is 1. The Kier molecular flexibility index (Phi) is 6.51. The molecule has 25 heavy (non-hydrogen) atoms. The smallest absolute Gasteiger partial charge is 0.223 e. The Bertz CT molecular complexity index is 714. The maximum atomic E-state index is 13.0. The Balaban J connectivity index is 1.86. The third-order valence-electron chi connectivity index (χ3n) is 3.73. The van der Waals surface area contributed by atoms with Gasteiger partial charge in [0.05, 0.1) is 7.11 Å². The number of nitrogens with one attached hydrogen (secondary N) is 1. The molecule has 0 bridgehead atoms. The van der Waals surface area contributed by atoms with Crippen molar-refractivity contribution in [1.29, 1.82) is 0 Å². The fraction of sp³-hybridized carbons (Fsp3) is 0.263. The molecule has 0 radical (unpaired) electrons. The van der Waals surface area contributed by atoms with Gasteiger partial charge in [-0.1, -0.05) is 12.1 Å². The number of nitrogens with zero attached hydrogens (tertiary/aromatic N) is 1. The molecule has 0 unspecified atom stereocenters. The number of carbonyl (C=O) groups excluding carboxylic acids is 2. The van der Waals surface area contributed by atoms with Gasteiger partial charge in [-0.15, -0.1) is 0 Å². The molecule has 0 saturated carbocycles. The first-order chi connectivity index (χ1) is 12.0. The van der Waals surface area contributed by atoms with E-state index in [4.69, 9.17) is 4.74 Å². The molecular weight excluding hydrogens is 323 g/mol. The second-order valence-corrected chi connectivity index (χ2v) is 5.52. The highest BCUT2D eigenvalue weighted by Crippen LogP contribution is 2.15. The van der Waals surface area contributed by atoms with Gasteiger partial charge in [-0.25, -0.2) is 4.39 Å². The Morgan fingerprint density at radius 3 is 2.28 bits per heavy atom. The summed E-state index contributed by atoms with van der Waals surface area (Å²) < 4.78 is 18.1. The van der Waals surface area contributed by atoms with E-state index in [0.29, 0.717) is 12.2 Å². The average molecular weight is 344 g/mol. The lowest BCUT2D eigenvalue weighted by atomic mass is 10.2. The molecule has 0 aliphatic carbocycles. The second-order valence-electron chi connectivity index (χ2n) is 5.52. The van der Waals surface area contributed by atoms with Crippen molar-refractivity contribution in [1.82, 2.24) is 5.32 Å². The van der Waals surface area contributed by atoms with E-state index in [9.17, 15) is 14.0 Å². The van der Waals surface area contributed by atoms with Crippen LogP contribution in [0, 0.1) is 5.82 Å². The van der Waals surface area contributed by atoms with Crippen LogP contribution in [0.3, 0.4) is 0 Å². The Hall–Kier alpha value is -2.89. The lowest BCUT2D eigenvalue weighted by Gasteiger charge is -2.21.